The maximum atomic E-state index is 12.9. The van der Waals surface area contributed by atoms with Crippen molar-refractivity contribution in [3.05, 3.63) is 58.5 Å². The van der Waals surface area contributed by atoms with Crippen LogP contribution in [0.2, 0.25) is 0 Å². The number of carbonyl (C=O) groups excluding carboxylic acids is 1. The Morgan fingerprint density at radius 2 is 1.85 bits per heavy atom. The molecule has 0 atom stereocenters. The minimum atomic E-state index is -0.130. The molecule has 0 aromatic heterocycles. The molecule has 0 saturated carbocycles. The Morgan fingerprint density at radius 1 is 1.12 bits per heavy atom. The molecular weight excluding hydrogens is 366 g/mol. The predicted octanol–water partition coefficient (Wildman–Crippen LogP) is 4.67. The van der Waals surface area contributed by atoms with E-state index in [1.165, 1.54) is 17.3 Å². The molecule has 6 heteroatoms. The van der Waals surface area contributed by atoms with Crippen molar-refractivity contribution >= 4 is 46.0 Å². The van der Waals surface area contributed by atoms with Crippen LogP contribution in [0.5, 0.6) is 11.5 Å². The van der Waals surface area contributed by atoms with Gasteiger partial charge in [0.05, 0.1) is 24.8 Å². The normalized spacial score (nSPS) is 15.7. The van der Waals surface area contributed by atoms with Gasteiger partial charge in [-0.2, -0.15) is 0 Å². The average Bonchev–Trinajstić information content (AvgIpc) is 2.94. The van der Waals surface area contributed by atoms with Gasteiger partial charge in [-0.1, -0.05) is 55.2 Å². The van der Waals surface area contributed by atoms with Crippen LogP contribution in [-0.4, -0.2) is 24.4 Å². The van der Waals surface area contributed by atoms with E-state index in [1.807, 2.05) is 42.5 Å². The van der Waals surface area contributed by atoms with Crippen molar-refractivity contribution in [3.8, 4) is 11.5 Å². The number of para-hydroxylation sites is 1. The summed E-state index contributed by atoms with van der Waals surface area (Å²) in [4.78, 5) is 15.0. The molecule has 0 spiro atoms. The number of benzene rings is 2. The number of rotatable bonds is 5. The van der Waals surface area contributed by atoms with E-state index in [-0.39, 0.29) is 5.91 Å². The maximum absolute atomic E-state index is 12.9. The smallest absolute Gasteiger partial charge is 0.270 e. The number of methoxy groups -OCH3 is 2. The number of amides is 1. The highest BCUT2D eigenvalue weighted by Gasteiger charge is 2.33. The van der Waals surface area contributed by atoms with Crippen LogP contribution in [0.25, 0.3) is 6.08 Å². The Balaban J connectivity index is 1.95. The van der Waals surface area contributed by atoms with Crippen LogP contribution in [0.3, 0.4) is 0 Å². The van der Waals surface area contributed by atoms with E-state index in [1.54, 1.807) is 25.2 Å². The van der Waals surface area contributed by atoms with Gasteiger partial charge in [0.2, 0.25) is 0 Å². The summed E-state index contributed by atoms with van der Waals surface area (Å²) in [5, 5.41) is 0. The van der Waals surface area contributed by atoms with Crippen LogP contribution in [0.15, 0.2) is 47.4 Å². The third-order valence-corrected chi connectivity index (χ3v) is 5.42. The van der Waals surface area contributed by atoms with Gasteiger partial charge >= 0.3 is 0 Å². The molecule has 1 aliphatic rings. The van der Waals surface area contributed by atoms with Crippen LogP contribution in [0.1, 0.15) is 18.1 Å². The van der Waals surface area contributed by atoms with Crippen LogP contribution >= 0.6 is 24.0 Å². The summed E-state index contributed by atoms with van der Waals surface area (Å²) in [6.07, 6.45) is 2.75. The molecule has 4 nitrogen and oxygen atoms in total. The fourth-order valence-electron chi connectivity index (χ4n) is 2.74. The van der Waals surface area contributed by atoms with Crippen molar-refractivity contribution in [2.45, 2.75) is 13.3 Å². The first kappa shape index (κ1) is 18.5. The molecule has 134 valence electrons. The Morgan fingerprint density at radius 3 is 2.46 bits per heavy atom. The Bertz CT molecular complexity index is 875. The van der Waals surface area contributed by atoms with Crippen molar-refractivity contribution in [1.29, 1.82) is 0 Å². The van der Waals surface area contributed by atoms with E-state index < -0.39 is 0 Å². The number of hydrogen-bond donors (Lipinski definition) is 0. The topological polar surface area (TPSA) is 38.8 Å². The lowest BCUT2D eigenvalue weighted by Gasteiger charge is -2.15. The summed E-state index contributed by atoms with van der Waals surface area (Å²) in [5.41, 5.74) is 2.77. The van der Waals surface area contributed by atoms with E-state index in [9.17, 15) is 4.79 Å². The molecule has 1 heterocycles. The summed E-state index contributed by atoms with van der Waals surface area (Å²) in [6, 6.07) is 13.4. The van der Waals surface area contributed by atoms with Gasteiger partial charge in [-0.05, 0) is 36.3 Å². The summed E-state index contributed by atoms with van der Waals surface area (Å²) >= 11 is 6.72. The molecule has 0 bridgehead atoms. The standard InChI is InChI=1S/C20H19NO3S2/c1-4-13-8-10-15(11-9-13)21-19(22)17(26-20(21)25)12-14-6-5-7-16(23-2)18(14)24-3/h5-12H,4H2,1-3H3. The van der Waals surface area contributed by atoms with Crippen LogP contribution < -0.4 is 14.4 Å². The van der Waals surface area contributed by atoms with E-state index in [2.05, 4.69) is 6.92 Å². The van der Waals surface area contributed by atoms with Gasteiger partial charge in [-0.25, -0.2) is 0 Å². The van der Waals surface area contributed by atoms with Gasteiger partial charge in [0.1, 0.15) is 0 Å². The first-order valence-corrected chi connectivity index (χ1v) is 9.39. The van der Waals surface area contributed by atoms with E-state index >= 15 is 0 Å². The van der Waals surface area contributed by atoms with Gasteiger partial charge in [-0.3, -0.25) is 9.69 Å². The van der Waals surface area contributed by atoms with Crippen molar-refractivity contribution in [1.82, 2.24) is 0 Å². The lowest BCUT2D eigenvalue weighted by molar-refractivity contribution is -0.113. The van der Waals surface area contributed by atoms with Crippen LogP contribution in [0, 0.1) is 0 Å². The minimum absolute atomic E-state index is 0.130. The van der Waals surface area contributed by atoms with Crippen LogP contribution in [0.4, 0.5) is 5.69 Å². The fourth-order valence-corrected chi connectivity index (χ4v) is 4.03. The third-order valence-electron chi connectivity index (χ3n) is 4.12. The molecule has 2 aromatic carbocycles. The summed E-state index contributed by atoms with van der Waals surface area (Å²) in [7, 11) is 3.16. The maximum Gasteiger partial charge on any atom is 0.270 e. The first-order valence-electron chi connectivity index (χ1n) is 8.17. The zero-order chi connectivity index (χ0) is 18.7. The number of carbonyl (C=O) groups is 1. The monoisotopic (exact) mass is 385 g/mol. The molecule has 0 N–H and O–H groups in total. The van der Waals surface area contributed by atoms with Gasteiger partial charge in [-0.15, -0.1) is 0 Å². The molecule has 0 aliphatic carbocycles. The highest BCUT2D eigenvalue weighted by atomic mass is 32.2. The van der Waals surface area contributed by atoms with Gasteiger partial charge in [0.25, 0.3) is 5.91 Å². The Labute approximate surface area is 162 Å². The minimum Gasteiger partial charge on any atom is -0.493 e. The van der Waals surface area contributed by atoms with E-state index in [4.69, 9.17) is 21.7 Å². The number of anilines is 1. The molecular formula is C20H19NO3S2. The summed E-state index contributed by atoms with van der Waals surface area (Å²) in [5.74, 6) is 1.08. The Kier molecular flexibility index (Phi) is 5.64. The number of nitrogens with zero attached hydrogens (tertiary/aromatic N) is 1. The molecule has 0 radical (unpaired) electrons. The second-order valence-corrected chi connectivity index (χ2v) is 7.30. The number of ether oxygens (including phenoxy) is 2. The number of aryl methyl sites for hydroxylation is 1. The summed E-state index contributed by atoms with van der Waals surface area (Å²) in [6.45, 7) is 2.10. The lowest BCUT2D eigenvalue weighted by atomic mass is 10.1. The zero-order valence-corrected chi connectivity index (χ0v) is 16.4. The SMILES string of the molecule is CCc1ccc(N2C(=O)C(=Cc3cccc(OC)c3OC)SC2=S)cc1. The van der Waals surface area contributed by atoms with Crippen molar-refractivity contribution in [2.75, 3.05) is 19.1 Å². The molecule has 1 aliphatic heterocycles. The molecule has 1 saturated heterocycles. The van der Waals surface area contributed by atoms with E-state index in [0.29, 0.717) is 20.7 Å². The van der Waals surface area contributed by atoms with Gasteiger partial charge < -0.3 is 9.47 Å². The van der Waals surface area contributed by atoms with Crippen LogP contribution in [-0.2, 0) is 11.2 Å². The number of thioether (sulfide) groups is 1. The third kappa shape index (κ3) is 3.48. The largest absolute Gasteiger partial charge is 0.493 e. The number of hydrogen-bond acceptors (Lipinski definition) is 5. The van der Waals surface area contributed by atoms with Gasteiger partial charge in [0, 0.05) is 5.56 Å². The molecule has 3 rings (SSSR count). The van der Waals surface area contributed by atoms with Gasteiger partial charge in [0.15, 0.2) is 15.8 Å². The summed E-state index contributed by atoms with van der Waals surface area (Å²) < 4.78 is 11.3. The molecule has 1 fully saturated rings. The lowest BCUT2D eigenvalue weighted by Crippen LogP contribution is -2.27. The predicted molar refractivity (Wildman–Crippen MR) is 111 cm³/mol. The highest BCUT2D eigenvalue weighted by Crippen LogP contribution is 2.39. The molecule has 0 unspecified atom stereocenters. The molecule has 26 heavy (non-hydrogen) atoms. The first-order chi connectivity index (χ1) is 12.6. The molecule has 2 aromatic rings. The average molecular weight is 386 g/mol. The molecule has 1 amide bonds. The quantitative estimate of drug-likeness (QED) is 0.552. The number of thiocarbonyl (C=S) groups is 1. The van der Waals surface area contributed by atoms with Crippen molar-refractivity contribution < 1.29 is 14.3 Å². The fraction of sp³-hybridized carbons (Fsp3) is 0.200. The zero-order valence-electron chi connectivity index (χ0n) is 14.8. The van der Waals surface area contributed by atoms with E-state index in [0.717, 1.165) is 17.7 Å². The Hall–Kier alpha value is -2.31. The highest BCUT2D eigenvalue weighted by molar-refractivity contribution is 8.27. The van der Waals surface area contributed by atoms with Crippen molar-refractivity contribution in [2.24, 2.45) is 0 Å². The van der Waals surface area contributed by atoms with Crippen molar-refractivity contribution in [3.63, 3.8) is 0 Å². The second kappa shape index (κ2) is 7.93. The second-order valence-electron chi connectivity index (χ2n) is 5.62.